The second kappa shape index (κ2) is 7.60. The maximum atomic E-state index is 13.1. The van der Waals surface area contributed by atoms with Gasteiger partial charge in [-0.3, -0.25) is 9.78 Å². The van der Waals surface area contributed by atoms with Crippen LogP contribution in [0.2, 0.25) is 0 Å². The van der Waals surface area contributed by atoms with E-state index in [1.165, 1.54) is 12.1 Å². The number of halogens is 1. The summed E-state index contributed by atoms with van der Waals surface area (Å²) in [6.07, 6.45) is 7.83. The average molecular weight is 374 g/mol. The molecule has 0 fully saturated rings. The first-order valence-electron chi connectivity index (χ1n) is 9.03. The standard InChI is InChI=1S/C22H19FN4O/c1-15(11-16-3-2-10-24-12-16)25-22(28)18-6-9-21-26-20(14-27(21)13-18)17-4-7-19(23)8-5-17/h2-10,12-15H,11H2,1H3,(H,25,28)/t15-/m0/s1. The fourth-order valence-electron chi connectivity index (χ4n) is 3.12. The summed E-state index contributed by atoms with van der Waals surface area (Å²) >= 11 is 0. The van der Waals surface area contributed by atoms with Crippen molar-refractivity contribution in [3.63, 3.8) is 0 Å². The first kappa shape index (κ1) is 17.9. The lowest BCUT2D eigenvalue weighted by atomic mass is 10.1. The molecule has 140 valence electrons. The van der Waals surface area contributed by atoms with Crippen LogP contribution in [0.5, 0.6) is 0 Å². The number of pyridine rings is 2. The molecule has 0 bridgehead atoms. The lowest BCUT2D eigenvalue weighted by molar-refractivity contribution is 0.0939. The first-order chi connectivity index (χ1) is 13.6. The number of imidazole rings is 1. The normalized spacial score (nSPS) is 12.1. The van der Waals surface area contributed by atoms with Crippen LogP contribution in [0.3, 0.4) is 0 Å². The van der Waals surface area contributed by atoms with E-state index in [0.29, 0.717) is 12.0 Å². The Morgan fingerprint density at radius 2 is 1.96 bits per heavy atom. The zero-order chi connectivity index (χ0) is 19.5. The first-order valence-corrected chi connectivity index (χ1v) is 9.03. The van der Waals surface area contributed by atoms with Crippen LogP contribution in [0.15, 0.2) is 73.3 Å². The van der Waals surface area contributed by atoms with E-state index >= 15 is 0 Å². The second-order valence-corrected chi connectivity index (χ2v) is 6.76. The molecular weight excluding hydrogens is 355 g/mol. The molecule has 0 unspecified atom stereocenters. The number of amides is 1. The summed E-state index contributed by atoms with van der Waals surface area (Å²) in [5, 5.41) is 3.01. The molecule has 0 saturated carbocycles. The zero-order valence-electron chi connectivity index (χ0n) is 15.3. The molecule has 0 spiro atoms. The fraction of sp³-hybridized carbons (Fsp3) is 0.136. The van der Waals surface area contributed by atoms with Crippen LogP contribution in [0, 0.1) is 5.82 Å². The van der Waals surface area contributed by atoms with Crippen LogP contribution < -0.4 is 5.32 Å². The minimum absolute atomic E-state index is 0.0232. The number of rotatable bonds is 5. The number of fused-ring (bicyclic) bond motifs is 1. The zero-order valence-corrected chi connectivity index (χ0v) is 15.3. The Kier molecular flexibility index (Phi) is 4.85. The predicted octanol–water partition coefficient (Wildman–Crippen LogP) is 3.90. The Balaban J connectivity index is 1.50. The molecule has 4 aromatic rings. The summed E-state index contributed by atoms with van der Waals surface area (Å²) in [4.78, 5) is 21.2. The monoisotopic (exact) mass is 374 g/mol. The summed E-state index contributed by atoms with van der Waals surface area (Å²) in [7, 11) is 0. The molecule has 3 aromatic heterocycles. The van der Waals surface area contributed by atoms with E-state index in [1.54, 1.807) is 47.3 Å². The molecule has 6 heteroatoms. The molecule has 4 rings (SSSR count). The van der Waals surface area contributed by atoms with Crippen LogP contribution in [0.4, 0.5) is 4.39 Å². The average Bonchev–Trinajstić information content (AvgIpc) is 3.12. The highest BCUT2D eigenvalue weighted by Gasteiger charge is 2.12. The van der Waals surface area contributed by atoms with Crippen LogP contribution in [0.1, 0.15) is 22.8 Å². The number of carbonyl (C=O) groups is 1. The molecule has 0 radical (unpaired) electrons. The lowest BCUT2D eigenvalue weighted by Crippen LogP contribution is -2.34. The maximum Gasteiger partial charge on any atom is 0.252 e. The molecule has 1 aromatic carbocycles. The van der Waals surface area contributed by atoms with E-state index in [1.807, 2.05) is 25.3 Å². The Morgan fingerprint density at radius 1 is 1.14 bits per heavy atom. The quantitative estimate of drug-likeness (QED) is 0.576. The van der Waals surface area contributed by atoms with Crippen LogP contribution in [-0.4, -0.2) is 26.3 Å². The molecule has 5 nitrogen and oxygen atoms in total. The van der Waals surface area contributed by atoms with Gasteiger partial charge in [0.1, 0.15) is 11.5 Å². The molecule has 0 aliphatic rings. The topological polar surface area (TPSA) is 59.3 Å². The van der Waals surface area contributed by atoms with E-state index in [9.17, 15) is 9.18 Å². The minimum Gasteiger partial charge on any atom is -0.349 e. The summed E-state index contributed by atoms with van der Waals surface area (Å²) < 4.78 is 14.9. The van der Waals surface area contributed by atoms with Crippen molar-refractivity contribution in [3.8, 4) is 11.3 Å². The van der Waals surface area contributed by atoms with Crippen molar-refractivity contribution in [2.75, 3.05) is 0 Å². The number of carbonyl (C=O) groups excluding carboxylic acids is 1. The summed E-state index contributed by atoms with van der Waals surface area (Å²) in [6, 6.07) is 13.6. The van der Waals surface area contributed by atoms with Gasteiger partial charge in [-0.25, -0.2) is 9.37 Å². The van der Waals surface area contributed by atoms with Crippen LogP contribution in [0.25, 0.3) is 16.9 Å². The van der Waals surface area contributed by atoms with Gasteiger partial charge in [-0.2, -0.15) is 0 Å². The molecule has 0 aliphatic heterocycles. The Bertz CT molecular complexity index is 1110. The van der Waals surface area contributed by atoms with Crippen molar-refractivity contribution in [1.82, 2.24) is 19.7 Å². The van der Waals surface area contributed by atoms with E-state index in [2.05, 4.69) is 15.3 Å². The van der Waals surface area contributed by atoms with Crippen molar-refractivity contribution in [3.05, 3.63) is 90.3 Å². The van der Waals surface area contributed by atoms with Crippen molar-refractivity contribution < 1.29 is 9.18 Å². The largest absolute Gasteiger partial charge is 0.349 e. The van der Waals surface area contributed by atoms with Gasteiger partial charge in [0.25, 0.3) is 5.91 Å². The van der Waals surface area contributed by atoms with Gasteiger partial charge in [0.2, 0.25) is 0 Å². The van der Waals surface area contributed by atoms with Gasteiger partial charge < -0.3 is 9.72 Å². The van der Waals surface area contributed by atoms with Crippen molar-refractivity contribution in [2.45, 2.75) is 19.4 Å². The maximum absolute atomic E-state index is 13.1. The Morgan fingerprint density at radius 3 is 2.71 bits per heavy atom. The van der Waals surface area contributed by atoms with Gasteiger partial charge in [0, 0.05) is 36.4 Å². The third-order valence-corrected chi connectivity index (χ3v) is 4.50. The molecule has 28 heavy (non-hydrogen) atoms. The third kappa shape index (κ3) is 3.91. The van der Waals surface area contributed by atoms with Gasteiger partial charge in [0.15, 0.2) is 0 Å². The van der Waals surface area contributed by atoms with Crippen molar-refractivity contribution in [2.24, 2.45) is 0 Å². The van der Waals surface area contributed by atoms with Crippen molar-refractivity contribution in [1.29, 1.82) is 0 Å². The van der Waals surface area contributed by atoms with Crippen LogP contribution >= 0.6 is 0 Å². The number of hydrogen-bond donors (Lipinski definition) is 1. The lowest BCUT2D eigenvalue weighted by Gasteiger charge is -2.14. The highest BCUT2D eigenvalue weighted by atomic mass is 19.1. The third-order valence-electron chi connectivity index (χ3n) is 4.50. The molecular formula is C22H19FN4O. The predicted molar refractivity (Wildman–Crippen MR) is 105 cm³/mol. The minimum atomic E-state index is -0.285. The Hall–Kier alpha value is -3.54. The number of hydrogen-bond acceptors (Lipinski definition) is 3. The molecule has 0 saturated heterocycles. The van der Waals surface area contributed by atoms with E-state index in [4.69, 9.17) is 0 Å². The highest BCUT2D eigenvalue weighted by molar-refractivity contribution is 5.94. The Labute approximate surface area is 161 Å². The molecule has 0 aliphatic carbocycles. The SMILES string of the molecule is C[C@@H](Cc1cccnc1)NC(=O)c1ccc2nc(-c3ccc(F)cc3)cn2c1. The summed E-state index contributed by atoms with van der Waals surface area (Å²) in [5.41, 5.74) is 3.89. The van der Waals surface area contributed by atoms with Crippen LogP contribution in [-0.2, 0) is 6.42 Å². The second-order valence-electron chi connectivity index (χ2n) is 6.76. The van der Waals surface area contributed by atoms with Gasteiger partial charge in [-0.15, -0.1) is 0 Å². The van der Waals surface area contributed by atoms with Gasteiger partial charge >= 0.3 is 0 Å². The van der Waals surface area contributed by atoms with E-state index in [0.717, 1.165) is 22.5 Å². The fourth-order valence-corrected chi connectivity index (χ4v) is 3.12. The van der Waals surface area contributed by atoms with Gasteiger partial charge in [-0.05, 0) is 61.4 Å². The number of nitrogens with one attached hydrogen (secondary N) is 1. The number of aromatic nitrogens is 3. The highest BCUT2D eigenvalue weighted by Crippen LogP contribution is 2.20. The van der Waals surface area contributed by atoms with Gasteiger partial charge in [-0.1, -0.05) is 6.07 Å². The van der Waals surface area contributed by atoms with Gasteiger partial charge in [0.05, 0.1) is 11.3 Å². The summed E-state index contributed by atoms with van der Waals surface area (Å²) in [6.45, 7) is 1.97. The molecule has 1 amide bonds. The van der Waals surface area contributed by atoms with E-state index in [-0.39, 0.29) is 17.8 Å². The summed E-state index contributed by atoms with van der Waals surface area (Å²) in [5.74, 6) is -0.429. The van der Waals surface area contributed by atoms with E-state index < -0.39 is 0 Å². The molecule has 3 heterocycles. The molecule has 1 atom stereocenters. The number of benzene rings is 1. The van der Waals surface area contributed by atoms with Crippen molar-refractivity contribution >= 4 is 11.6 Å². The molecule has 1 N–H and O–H groups in total. The smallest absolute Gasteiger partial charge is 0.252 e. The number of nitrogens with zero attached hydrogens (tertiary/aromatic N) is 3.